The van der Waals surface area contributed by atoms with E-state index in [1.807, 2.05) is 0 Å². The summed E-state index contributed by atoms with van der Waals surface area (Å²) in [6.07, 6.45) is -2.62. The molecule has 1 aliphatic carbocycles. The van der Waals surface area contributed by atoms with Crippen LogP contribution < -0.4 is 11.1 Å². The summed E-state index contributed by atoms with van der Waals surface area (Å²) in [6, 6.07) is 5.50. The fourth-order valence-corrected chi connectivity index (χ4v) is 2.65. The van der Waals surface area contributed by atoms with E-state index in [9.17, 15) is 18.0 Å². The highest BCUT2D eigenvalue weighted by molar-refractivity contribution is 5.99. The molecule has 0 bridgehead atoms. The maximum absolute atomic E-state index is 12.9. The number of hydrogen-bond acceptors (Lipinski definition) is 2. The van der Waals surface area contributed by atoms with E-state index in [0.717, 1.165) is 0 Å². The molecule has 3 nitrogen and oxygen atoms in total. The van der Waals surface area contributed by atoms with Gasteiger partial charge in [-0.15, -0.1) is 0 Å². The van der Waals surface area contributed by atoms with Crippen molar-refractivity contribution in [3.05, 3.63) is 29.8 Å². The van der Waals surface area contributed by atoms with Gasteiger partial charge in [0, 0.05) is 11.7 Å². The summed E-state index contributed by atoms with van der Waals surface area (Å²) in [6.45, 7) is 0. The topological polar surface area (TPSA) is 55.1 Å². The van der Waals surface area contributed by atoms with Crippen LogP contribution in [0, 0.1) is 5.92 Å². The summed E-state index contributed by atoms with van der Waals surface area (Å²) in [5.41, 5.74) is 6.15. The van der Waals surface area contributed by atoms with Crippen molar-refractivity contribution in [3.63, 3.8) is 0 Å². The third kappa shape index (κ3) is 3.23. The van der Waals surface area contributed by atoms with Gasteiger partial charge in [-0.05, 0) is 25.0 Å². The first kappa shape index (κ1) is 14.7. The zero-order valence-corrected chi connectivity index (χ0v) is 10.9. The van der Waals surface area contributed by atoms with Crippen molar-refractivity contribution < 1.29 is 18.0 Å². The zero-order chi connectivity index (χ0) is 14.8. The van der Waals surface area contributed by atoms with Gasteiger partial charge in [-0.2, -0.15) is 13.2 Å². The molecular weight excluding hydrogens is 269 g/mol. The largest absolute Gasteiger partial charge is 0.398 e. The van der Waals surface area contributed by atoms with Crippen LogP contribution in [-0.2, 0) is 0 Å². The maximum Gasteiger partial charge on any atom is 0.393 e. The molecule has 2 rings (SSSR count). The number of para-hydroxylation sites is 1. The molecule has 20 heavy (non-hydrogen) atoms. The molecule has 1 aliphatic rings. The first-order valence-electron chi connectivity index (χ1n) is 6.61. The predicted molar refractivity (Wildman–Crippen MR) is 70.1 cm³/mol. The van der Waals surface area contributed by atoms with Crippen LogP contribution in [0.1, 0.15) is 36.0 Å². The number of rotatable bonds is 2. The summed E-state index contributed by atoms with van der Waals surface area (Å²) >= 11 is 0. The Morgan fingerprint density at radius 3 is 2.50 bits per heavy atom. The third-order valence-corrected chi connectivity index (χ3v) is 3.71. The van der Waals surface area contributed by atoms with Crippen LogP contribution in [-0.4, -0.2) is 18.1 Å². The molecule has 1 aromatic rings. The second kappa shape index (κ2) is 5.73. The lowest BCUT2D eigenvalue weighted by atomic mass is 9.84. The molecule has 110 valence electrons. The number of anilines is 1. The molecule has 3 N–H and O–H groups in total. The Morgan fingerprint density at radius 1 is 1.20 bits per heavy atom. The molecule has 0 aromatic heterocycles. The standard InChI is InChI=1S/C14H17F3N2O/c15-14(16,17)10-6-2-4-8-12(10)19-13(20)9-5-1-3-7-11(9)18/h1,3,5,7,10,12H,2,4,6,8,18H2,(H,19,20). The monoisotopic (exact) mass is 286 g/mol. The quantitative estimate of drug-likeness (QED) is 0.821. The first-order valence-corrected chi connectivity index (χ1v) is 6.61. The summed E-state index contributed by atoms with van der Waals surface area (Å²) in [5, 5.41) is 2.49. The van der Waals surface area contributed by atoms with E-state index in [0.29, 0.717) is 19.3 Å². The lowest BCUT2D eigenvalue weighted by Crippen LogP contribution is -2.47. The van der Waals surface area contributed by atoms with Crippen LogP contribution in [0.4, 0.5) is 18.9 Å². The van der Waals surface area contributed by atoms with Gasteiger partial charge >= 0.3 is 6.18 Å². The van der Waals surface area contributed by atoms with E-state index in [4.69, 9.17) is 5.73 Å². The Labute approximate surface area is 115 Å². The second-order valence-electron chi connectivity index (χ2n) is 5.10. The predicted octanol–water partition coefficient (Wildman–Crippen LogP) is 3.12. The smallest absolute Gasteiger partial charge is 0.393 e. The van der Waals surface area contributed by atoms with Crippen molar-refractivity contribution in [1.82, 2.24) is 5.32 Å². The summed E-state index contributed by atoms with van der Waals surface area (Å²) in [7, 11) is 0. The number of carbonyl (C=O) groups excluding carboxylic acids is 1. The van der Waals surface area contributed by atoms with Gasteiger partial charge in [0.15, 0.2) is 0 Å². The number of carbonyl (C=O) groups is 1. The number of benzene rings is 1. The Hall–Kier alpha value is -1.72. The van der Waals surface area contributed by atoms with Gasteiger partial charge in [-0.1, -0.05) is 25.0 Å². The molecule has 1 saturated carbocycles. The average Bonchev–Trinajstić information content (AvgIpc) is 2.38. The van der Waals surface area contributed by atoms with Crippen molar-refractivity contribution in [1.29, 1.82) is 0 Å². The summed E-state index contributed by atoms with van der Waals surface area (Å²) < 4.78 is 38.8. The van der Waals surface area contributed by atoms with Crippen molar-refractivity contribution >= 4 is 11.6 Å². The molecule has 2 unspecified atom stereocenters. The minimum absolute atomic E-state index is 0.0682. The first-order chi connectivity index (χ1) is 9.39. The van der Waals surface area contributed by atoms with Crippen molar-refractivity contribution in [2.45, 2.75) is 37.9 Å². The lowest BCUT2D eigenvalue weighted by molar-refractivity contribution is -0.187. The molecular formula is C14H17F3N2O. The van der Waals surface area contributed by atoms with Gasteiger partial charge in [0.2, 0.25) is 0 Å². The van der Waals surface area contributed by atoms with Crippen molar-refractivity contribution in [3.8, 4) is 0 Å². The second-order valence-corrected chi connectivity index (χ2v) is 5.10. The molecule has 0 spiro atoms. The number of alkyl halides is 3. The number of nitrogens with one attached hydrogen (secondary N) is 1. The van der Waals surface area contributed by atoms with Gasteiger partial charge in [-0.3, -0.25) is 4.79 Å². The zero-order valence-electron chi connectivity index (χ0n) is 10.9. The fourth-order valence-electron chi connectivity index (χ4n) is 2.65. The molecule has 6 heteroatoms. The molecule has 0 radical (unpaired) electrons. The van der Waals surface area contributed by atoms with Gasteiger partial charge in [0.25, 0.3) is 5.91 Å². The molecule has 0 heterocycles. The fraction of sp³-hybridized carbons (Fsp3) is 0.500. The average molecular weight is 286 g/mol. The van der Waals surface area contributed by atoms with E-state index in [2.05, 4.69) is 5.32 Å². The maximum atomic E-state index is 12.9. The number of nitrogens with two attached hydrogens (primary N) is 1. The molecule has 2 atom stereocenters. The van der Waals surface area contributed by atoms with Crippen molar-refractivity contribution in [2.24, 2.45) is 5.92 Å². The Bertz CT molecular complexity index is 488. The summed E-state index contributed by atoms with van der Waals surface area (Å²) in [4.78, 5) is 12.0. The van der Waals surface area contributed by atoms with Crippen LogP contribution in [0.2, 0.25) is 0 Å². The molecule has 1 fully saturated rings. The van der Waals surface area contributed by atoms with Crippen LogP contribution >= 0.6 is 0 Å². The molecule has 0 saturated heterocycles. The van der Waals surface area contributed by atoms with E-state index in [-0.39, 0.29) is 17.7 Å². The Balaban J connectivity index is 2.11. The van der Waals surface area contributed by atoms with Gasteiger partial charge in [-0.25, -0.2) is 0 Å². The molecule has 1 aromatic carbocycles. The minimum atomic E-state index is -4.28. The van der Waals surface area contributed by atoms with Crippen LogP contribution in [0.15, 0.2) is 24.3 Å². The summed E-state index contributed by atoms with van der Waals surface area (Å²) in [5.74, 6) is -2.01. The Morgan fingerprint density at radius 2 is 1.85 bits per heavy atom. The minimum Gasteiger partial charge on any atom is -0.398 e. The van der Waals surface area contributed by atoms with Crippen LogP contribution in [0.5, 0.6) is 0 Å². The SMILES string of the molecule is Nc1ccccc1C(=O)NC1CCCCC1C(F)(F)F. The molecule has 1 amide bonds. The highest BCUT2D eigenvalue weighted by Gasteiger charge is 2.46. The van der Waals surface area contributed by atoms with Gasteiger partial charge < -0.3 is 11.1 Å². The lowest BCUT2D eigenvalue weighted by Gasteiger charge is -2.33. The van der Waals surface area contributed by atoms with Crippen molar-refractivity contribution in [2.75, 3.05) is 5.73 Å². The normalized spacial score (nSPS) is 23.4. The number of halogens is 3. The van der Waals surface area contributed by atoms with E-state index in [1.165, 1.54) is 6.07 Å². The van der Waals surface area contributed by atoms with E-state index < -0.39 is 24.0 Å². The highest BCUT2D eigenvalue weighted by Crippen LogP contribution is 2.37. The van der Waals surface area contributed by atoms with Gasteiger partial charge in [0.1, 0.15) is 0 Å². The molecule has 0 aliphatic heterocycles. The third-order valence-electron chi connectivity index (χ3n) is 3.71. The highest BCUT2D eigenvalue weighted by atomic mass is 19.4. The van der Waals surface area contributed by atoms with Crippen LogP contribution in [0.3, 0.4) is 0 Å². The number of nitrogen functional groups attached to an aromatic ring is 1. The van der Waals surface area contributed by atoms with E-state index >= 15 is 0 Å². The number of amides is 1. The Kier molecular flexibility index (Phi) is 4.20. The van der Waals surface area contributed by atoms with E-state index in [1.54, 1.807) is 18.2 Å². The van der Waals surface area contributed by atoms with Gasteiger partial charge in [0.05, 0.1) is 11.5 Å². The number of hydrogen-bond donors (Lipinski definition) is 2. The van der Waals surface area contributed by atoms with Crippen LogP contribution in [0.25, 0.3) is 0 Å².